The fraction of sp³-hybridized carbons (Fsp3) is 0.368. The lowest BCUT2D eigenvalue weighted by molar-refractivity contribution is 0.110. The quantitative estimate of drug-likeness (QED) is 0.779. The van der Waals surface area contributed by atoms with Crippen LogP contribution in [0.3, 0.4) is 0 Å². The second-order valence-electron chi connectivity index (χ2n) is 6.62. The summed E-state index contributed by atoms with van der Waals surface area (Å²) < 4.78 is 13.2. The molecule has 0 N–H and O–H groups in total. The van der Waals surface area contributed by atoms with E-state index in [1.807, 2.05) is 36.4 Å². The van der Waals surface area contributed by atoms with Crippen molar-refractivity contribution < 1.29 is 4.21 Å². The fourth-order valence-corrected chi connectivity index (χ4v) is 5.31. The molecule has 1 fully saturated rings. The van der Waals surface area contributed by atoms with E-state index in [0.29, 0.717) is 0 Å². The van der Waals surface area contributed by atoms with E-state index >= 15 is 0 Å². The predicted molar refractivity (Wildman–Crippen MR) is 98.1 cm³/mol. The molecule has 0 saturated carbocycles. The van der Waals surface area contributed by atoms with Gasteiger partial charge in [0.1, 0.15) is 0 Å². The van der Waals surface area contributed by atoms with Crippen molar-refractivity contribution in [2.45, 2.75) is 22.3 Å². The summed E-state index contributed by atoms with van der Waals surface area (Å²) in [6, 6.07) is 14.2. The normalized spacial score (nSPS) is 24.9. The molecule has 0 spiro atoms. The number of benzene rings is 2. The van der Waals surface area contributed by atoms with E-state index in [0.717, 1.165) is 53.0 Å². The van der Waals surface area contributed by atoms with E-state index in [4.69, 9.17) is 11.6 Å². The van der Waals surface area contributed by atoms with Gasteiger partial charge in [0.15, 0.2) is 0 Å². The van der Waals surface area contributed by atoms with Crippen LogP contribution in [0.15, 0.2) is 52.3 Å². The van der Waals surface area contributed by atoms with Gasteiger partial charge in [-0.25, -0.2) is 4.21 Å². The maximum absolute atomic E-state index is 13.2. The van der Waals surface area contributed by atoms with E-state index in [1.54, 1.807) is 0 Å². The summed E-state index contributed by atoms with van der Waals surface area (Å²) in [4.78, 5) is 6.73. The fourth-order valence-electron chi connectivity index (χ4n) is 3.70. The van der Waals surface area contributed by atoms with Gasteiger partial charge in [-0.2, -0.15) is 0 Å². The molecule has 0 bridgehead atoms. The Kier molecular flexibility index (Phi) is 4.48. The Bertz CT molecular complexity index is 787. The van der Waals surface area contributed by atoms with Crippen LogP contribution in [0.2, 0.25) is 5.02 Å². The number of halogens is 1. The molecule has 0 radical (unpaired) electrons. The molecule has 0 aliphatic carbocycles. The highest BCUT2D eigenvalue weighted by Gasteiger charge is 2.31. The number of piperazine rings is 1. The van der Waals surface area contributed by atoms with Gasteiger partial charge >= 0.3 is 0 Å². The molecule has 126 valence electrons. The summed E-state index contributed by atoms with van der Waals surface area (Å²) in [5, 5.41) is 0.718. The Balaban J connectivity index is 1.82. The van der Waals surface area contributed by atoms with Gasteiger partial charge in [0.05, 0.1) is 10.8 Å². The molecule has 2 heterocycles. The van der Waals surface area contributed by atoms with Crippen molar-refractivity contribution in [1.82, 2.24) is 9.80 Å². The molecule has 1 saturated heterocycles. The van der Waals surface area contributed by atoms with Crippen LogP contribution in [-0.2, 0) is 17.2 Å². The highest BCUT2D eigenvalue weighted by molar-refractivity contribution is 7.85. The van der Waals surface area contributed by atoms with E-state index < -0.39 is 10.8 Å². The minimum absolute atomic E-state index is 0.236. The summed E-state index contributed by atoms with van der Waals surface area (Å²) in [5.41, 5.74) is 2.31. The number of hydrogen-bond donors (Lipinski definition) is 0. The number of fused-ring (bicyclic) bond motifs is 2. The molecule has 2 aliphatic rings. The van der Waals surface area contributed by atoms with Gasteiger partial charge in [-0.05, 0) is 48.9 Å². The Morgan fingerprint density at radius 1 is 1.04 bits per heavy atom. The zero-order valence-corrected chi connectivity index (χ0v) is 15.3. The third kappa shape index (κ3) is 2.93. The van der Waals surface area contributed by atoms with E-state index in [9.17, 15) is 4.21 Å². The number of nitrogens with zero attached hydrogens (tertiary/aromatic N) is 2. The zero-order chi connectivity index (χ0) is 16.7. The highest BCUT2D eigenvalue weighted by Crippen LogP contribution is 2.38. The second kappa shape index (κ2) is 6.60. The average molecular weight is 361 g/mol. The minimum atomic E-state index is -1.14. The van der Waals surface area contributed by atoms with Crippen LogP contribution in [-0.4, -0.2) is 47.2 Å². The van der Waals surface area contributed by atoms with Crippen LogP contribution in [0.25, 0.3) is 0 Å². The largest absolute Gasteiger partial charge is 0.304 e. The topological polar surface area (TPSA) is 23.6 Å². The molecular weight excluding hydrogens is 340 g/mol. The van der Waals surface area contributed by atoms with Gasteiger partial charge in [0.2, 0.25) is 0 Å². The molecule has 3 nitrogen and oxygen atoms in total. The monoisotopic (exact) mass is 360 g/mol. The van der Waals surface area contributed by atoms with E-state index in [2.05, 4.69) is 22.9 Å². The van der Waals surface area contributed by atoms with Crippen molar-refractivity contribution in [3.63, 3.8) is 0 Å². The first kappa shape index (κ1) is 16.3. The SMILES string of the molecule is CN1CCN([C@H]2Cc3ccccc3[S@](=O)c3ccc(Cl)cc32)CC1. The van der Waals surface area contributed by atoms with Crippen LogP contribution in [0, 0.1) is 0 Å². The zero-order valence-electron chi connectivity index (χ0n) is 13.7. The van der Waals surface area contributed by atoms with Crippen molar-refractivity contribution in [1.29, 1.82) is 0 Å². The van der Waals surface area contributed by atoms with Gasteiger partial charge in [-0.3, -0.25) is 4.90 Å². The van der Waals surface area contributed by atoms with Gasteiger partial charge in [0.25, 0.3) is 0 Å². The summed E-state index contributed by atoms with van der Waals surface area (Å²) in [5.74, 6) is 0. The third-order valence-electron chi connectivity index (χ3n) is 5.09. The minimum Gasteiger partial charge on any atom is -0.304 e. The molecule has 0 unspecified atom stereocenters. The number of hydrogen-bond acceptors (Lipinski definition) is 3. The second-order valence-corrected chi connectivity index (χ2v) is 8.47. The van der Waals surface area contributed by atoms with Gasteiger partial charge in [-0.1, -0.05) is 29.8 Å². The molecule has 5 heteroatoms. The summed E-state index contributed by atoms with van der Waals surface area (Å²) in [7, 11) is 1.02. The van der Waals surface area contributed by atoms with Crippen LogP contribution in [0.5, 0.6) is 0 Å². The number of likely N-dealkylation sites (N-methyl/N-ethyl adjacent to an activating group) is 1. The maximum Gasteiger partial charge on any atom is 0.0855 e. The Morgan fingerprint density at radius 3 is 2.58 bits per heavy atom. The van der Waals surface area contributed by atoms with Gasteiger partial charge < -0.3 is 4.90 Å². The molecule has 0 aromatic heterocycles. The molecule has 24 heavy (non-hydrogen) atoms. The van der Waals surface area contributed by atoms with Crippen LogP contribution in [0.4, 0.5) is 0 Å². The molecular formula is C19H21ClN2OS. The number of rotatable bonds is 1. The lowest BCUT2D eigenvalue weighted by Gasteiger charge is -2.38. The Labute approximate surface area is 150 Å². The van der Waals surface area contributed by atoms with Gasteiger partial charge in [0, 0.05) is 47.0 Å². The van der Waals surface area contributed by atoms with Gasteiger partial charge in [-0.15, -0.1) is 0 Å². The smallest absolute Gasteiger partial charge is 0.0855 e. The standard InChI is InChI=1S/C19H21ClN2OS/c1-21-8-10-22(11-9-21)17-12-14-4-2-3-5-18(14)24(23)19-7-6-15(20)13-16(17)19/h2-7,13,17H,8-12H2,1H3/t17-,24-/m0/s1. The third-order valence-corrected chi connectivity index (χ3v) is 6.90. The lowest BCUT2D eigenvalue weighted by atomic mass is 9.96. The molecule has 0 amide bonds. The van der Waals surface area contributed by atoms with E-state index in [-0.39, 0.29) is 6.04 Å². The average Bonchev–Trinajstić information content (AvgIpc) is 2.71. The molecule has 2 aliphatic heterocycles. The maximum atomic E-state index is 13.2. The van der Waals surface area contributed by atoms with Crippen molar-refractivity contribution in [3.05, 3.63) is 58.6 Å². The first-order valence-corrected chi connectivity index (χ1v) is 9.88. The van der Waals surface area contributed by atoms with Crippen molar-refractivity contribution >= 4 is 22.4 Å². The molecule has 2 aromatic carbocycles. The van der Waals surface area contributed by atoms with Crippen molar-refractivity contribution in [2.24, 2.45) is 0 Å². The van der Waals surface area contributed by atoms with Crippen LogP contribution in [0.1, 0.15) is 17.2 Å². The van der Waals surface area contributed by atoms with Crippen LogP contribution < -0.4 is 0 Å². The lowest BCUT2D eigenvalue weighted by Crippen LogP contribution is -2.46. The first-order chi connectivity index (χ1) is 11.6. The first-order valence-electron chi connectivity index (χ1n) is 8.35. The summed E-state index contributed by atoms with van der Waals surface area (Å²) >= 11 is 6.29. The molecule has 2 aromatic rings. The summed E-state index contributed by atoms with van der Waals surface area (Å²) in [6.07, 6.45) is 0.888. The van der Waals surface area contributed by atoms with E-state index in [1.165, 1.54) is 5.56 Å². The molecule has 4 rings (SSSR count). The van der Waals surface area contributed by atoms with Crippen molar-refractivity contribution in [2.75, 3.05) is 33.2 Å². The molecule has 2 atom stereocenters. The predicted octanol–water partition coefficient (Wildman–Crippen LogP) is 3.35. The Morgan fingerprint density at radius 2 is 1.79 bits per heavy atom. The Hall–Kier alpha value is -1.20. The van der Waals surface area contributed by atoms with Crippen molar-refractivity contribution in [3.8, 4) is 0 Å². The summed E-state index contributed by atoms with van der Waals surface area (Å²) in [6.45, 7) is 4.19. The van der Waals surface area contributed by atoms with Crippen LogP contribution >= 0.6 is 11.6 Å². The highest BCUT2D eigenvalue weighted by atomic mass is 35.5.